The lowest BCUT2D eigenvalue weighted by atomic mass is 10.1. The molecule has 53 heavy (non-hydrogen) atoms. The largest absolute Gasteiger partial charge is 0.494 e. The summed E-state index contributed by atoms with van der Waals surface area (Å²) in [6.45, 7) is 5.97. The maximum Gasteiger partial charge on any atom is 0.336 e. The zero-order valence-electron chi connectivity index (χ0n) is 32.8. The van der Waals surface area contributed by atoms with E-state index in [-0.39, 0.29) is 5.78 Å². The Morgan fingerprint density at radius 2 is 0.792 bits per heavy atom. The average molecular weight is 723 g/mol. The predicted octanol–water partition coefficient (Wildman–Crippen LogP) is 13.8. The van der Waals surface area contributed by atoms with E-state index in [0.29, 0.717) is 11.3 Å². The van der Waals surface area contributed by atoms with E-state index in [1.54, 1.807) is 42.5 Å². The van der Waals surface area contributed by atoms with Crippen LogP contribution in [0, 0.1) is 0 Å². The fourth-order valence-electron chi connectivity index (χ4n) is 6.18. The van der Waals surface area contributed by atoms with Gasteiger partial charge in [-0.25, -0.2) is 4.79 Å². The Morgan fingerprint density at radius 1 is 0.434 bits per heavy atom. The molecule has 0 unspecified atom stereocenters. The van der Waals surface area contributed by atoms with E-state index in [1.165, 1.54) is 122 Å². The SMILES string of the molecule is CCCCCCCCCCCCCCOc1ccc(/C=C/C(=O)Oc2ccc(C(=O)/C=C/c3ccc(OCCCCCCCCCC)cc3)cc2)cc1. The van der Waals surface area contributed by atoms with Crippen molar-refractivity contribution in [2.24, 2.45) is 0 Å². The molecule has 0 saturated carbocycles. The number of ether oxygens (including phenoxy) is 3. The monoisotopic (exact) mass is 722 g/mol. The van der Waals surface area contributed by atoms with Crippen LogP contribution in [0.1, 0.15) is 164 Å². The Hall–Kier alpha value is -4.12. The Bertz CT molecular complexity index is 1440. The molecule has 0 aliphatic carbocycles. The van der Waals surface area contributed by atoms with E-state index in [0.717, 1.165) is 48.7 Å². The van der Waals surface area contributed by atoms with Gasteiger partial charge in [-0.15, -0.1) is 0 Å². The highest BCUT2D eigenvalue weighted by Gasteiger charge is 2.06. The third-order valence-electron chi connectivity index (χ3n) is 9.49. The third-order valence-corrected chi connectivity index (χ3v) is 9.49. The minimum absolute atomic E-state index is 0.126. The first-order valence-corrected chi connectivity index (χ1v) is 20.8. The maximum absolute atomic E-state index is 12.7. The molecule has 0 spiro atoms. The summed E-state index contributed by atoms with van der Waals surface area (Å²) in [5, 5.41) is 0. The number of allylic oxidation sites excluding steroid dienone is 1. The quantitative estimate of drug-likeness (QED) is 0.0225. The van der Waals surface area contributed by atoms with E-state index >= 15 is 0 Å². The molecule has 0 saturated heterocycles. The average Bonchev–Trinajstić information content (AvgIpc) is 3.18. The van der Waals surface area contributed by atoms with Crippen LogP contribution in [0.2, 0.25) is 0 Å². The second-order valence-electron chi connectivity index (χ2n) is 14.2. The van der Waals surface area contributed by atoms with Gasteiger partial charge in [-0.1, -0.05) is 160 Å². The molecule has 0 amide bonds. The van der Waals surface area contributed by atoms with E-state index in [4.69, 9.17) is 14.2 Å². The molecule has 5 nitrogen and oxygen atoms in total. The number of carbonyl (C=O) groups excluding carboxylic acids is 2. The van der Waals surface area contributed by atoms with Crippen LogP contribution in [0.25, 0.3) is 12.2 Å². The van der Waals surface area contributed by atoms with Crippen LogP contribution in [0.5, 0.6) is 17.2 Å². The second-order valence-corrected chi connectivity index (χ2v) is 14.2. The molecule has 0 aromatic heterocycles. The van der Waals surface area contributed by atoms with Gasteiger partial charge in [-0.3, -0.25) is 4.79 Å². The molecule has 0 aliphatic rings. The lowest BCUT2D eigenvalue weighted by Crippen LogP contribution is -2.04. The molecule has 0 heterocycles. The van der Waals surface area contributed by atoms with Crippen LogP contribution in [0.15, 0.2) is 84.9 Å². The number of hydrogen-bond donors (Lipinski definition) is 0. The Morgan fingerprint density at radius 3 is 1.21 bits per heavy atom. The van der Waals surface area contributed by atoms with Crippen molar-refractivity contribution < 1.29 is 23.8 Å². The topological polar surface area (TPSA) is 61.8 Å². The maximum atomic E-state index is 12.7. The van der Waals surface area contributed by atoms with Crippen molar-refractivity contribution in [1.29, 1.82) is 0 Å². The molecule has 0 atom stereocenters. The number of ketones is 1. The van der Waals surface area contributed by atoms with Crippen molar-refractivity contribution in [1.82, 2.24) is 0 Å². The van der Waals surface area contributed by atoms with Gasteiger partial charge >= 0.3 is 5.97 Å². The second kappa shape index (κ2) is 28.4. The fourth-order valence-corrected chi connectivity index (χ4v) is 6.18. The van der Waals surface area contributed by atoms with Gasteiger partial charge in [0.15, 0.2) is 5.78 Å². The van der Waals surface area contributed by atoms with Crippen LogP contribution in [-0.4, -0.2) is 25.0 Å². The number of esters is 1. The zero-order chi connectivity index (χ0) is 37.6. The molecule has 0 N–H and O–H groups in total. The highest BCUT2D eigenvalue weighted by atomic mass is 16.5. The van der Waals surface area contributed by atoms with Gasteiger partial charge in [0.2, 0.25) is 0 Å². The van der Waals surface area contributed by atoms with Crippen molar-refractivity contribution in [2.75, 3.05) is 13.2 Å². The van der Waals surface area contributed by atoms with Gasteiger partial charge in [-0.05, 0) is 84.7 Å². The summed E-state index contributed by atoms with van der Waals surface area (Å²) in [7, 11) is 0. The van der Waals surface area contributed by atoms with Crippen LogP contribution in [0.4, 0.5) is 0 Å². The van der Waals surface area contributed by atoms with Crippen molar-refractivity contribution in [3.05, 3.63) is 102 Å². The number of benzene rings is 3. The molecule has 3 aromatic carbocycles. The summed E-state index contributed by atoms with van der Waals surface area (Å²) < 4.78 is 17.2. The molecule has 3 rings (SSSR count). The first-order chi connectivity index (χ1) is 26.1. The van der Waals surface area contributed by atoms with Crippen LogP contribution < -0.4 is 14.2 Å². The molecule has 288 valence electrons. The van der Waals surface area contributed by atoms with Gasteiger partial charge in [0.05, 0.1) is 13.2 Å². The summed E-state index contributed by atoms with van der Waals surface area (Å²) in [4.78, 5) is 25.2. The lowest BCUT2D eigenvalue weighted by molar-refractivity contribution is -0.128. The van der Waals surface area contributed by atoms with Crippen LogP contribution in [0.3, 0.4) is 0 Å². The van der Waals surface area contributed by atoms with Gasteiger partial charge in [-0.2, -0.15) is 0 Å². The summed E-state index contributed by atoms with van der Waals surface area (Å²) >= 11 is 0. The molecule has 5 heteroatoms. The zero-order valence-corrected chi connectivity index (χ0v) is 32.8. The summed E-state index contributed by atoms with van der Waals surface area (Å²) in [5.74, 6) is 1.45. The molecular formula is C48H66O5. The highest BCUT2D eigenvalue weighted by Crippen LogP contribution is 2.19. The first kappa shape index (κ1) is 43.3. The first-order valence-electron chi connectivity index (χ1n) is 20.8. The number of rotatable bonds is 30. The smallest absolute Gasteiger partial charge is 0.336 e. The van der Waals surface area contributed by atoms with E-state index in [9.17, 15) is 9.59 Å². The van der Waals surface area contributed by atoms with E-state index < -0.39 is 5.97 Å². The Balaban J connectivity index is 1.26. The third kappa shape index (κ3) is 20.6. The van der Waals surface area contributed by atoms with Gasteiger partial charge < -0.3 is 14.2 Å². The van der Waals surface area contributed by atoms with Crippen molar-refractivity contribution in [3.8, 4) is 17.2 Å². The molecule has 0 fully saturated rings. The number of unbranched alkanes of at least 4 members (excludes halogenated alkanes) is 18. The van der Waals surface area contributed by atoms with Gasteiger partial charge in [0, 0.05) is 11.6 Å². The summed E-state index contributed by atoms with van der Waals surface area (Å²) in [5.41, 5.74) is 2.32. The lowest BCUT2D eigenvalue weighted by Gasteiger charge is -2.07. The van der Waals surface area contributed by atoms with Crippen LogP contribution >= 0.6 is 0 Å². The summed E-state index contributed by atoms with van der Waals surface area (Å²) in [6.07, 6.45) is 32.6. The summed E-state index contributed by atoms with van der Waals surface area (Å²) in [6, 6.07) is 22.1. The molecule has 0 aliphatic heterocycles. The van der Waals surface area contributed by atoms with E-state index in [1.807, 2.05) is 48.5 Å². The van der Waals surface area contributed by atoms with Gasteiger partial charge in [0.25, 0.3) is 0 Å². The van der Waals surface area contributed by atoms with Crippen molar-refractivity contribution in [3.63, 3.8) is 0 Å². The minimum atomic E-state index is -0.485. The standard InChI is InChI=1S/C48H66O5/c1-3-5-7-9-11-13-14-15-16-18-20-22-40-52-45-33-25-42(26-34-45)28-38-48(50)53-46-35-29-43(30-36-46)47(49)37-27-41-23-31-44(32-24-41)51-39-21-19-17-12-10-8-6-4-2/h23-38H,3-22,39-40H2,1-2H3/b37-27+,38-28+. The predicted molar refractivity (Wildman–Crippen MR) is 222 cm³/mol. The Labute approximate surface area is 321 Å². The molecular weight excluding hydrogens is 657 g/mol. The highest BCUT2D eigenvalue weighted by molar-refractivity contribution is 6.06. The molecule has 3 aromatic rings. The van der Waals surface area contributed by atoms with E-state index in [2.05, 4.69) is 13.8 Å². The van der Waals surface area contributed by atoms with Crippen molar-refractivity contribution >= 4 is 23.9 Å². The molecule has 0 radical (unpaired) electrons. The minimum Gasteiger partial charge on any atom is -0.494 e. The van der Waals surface area contributed by atoms with Crippen LogP contribution in [-0.2, 0) is 4.79 Å². The van der Waals surface area contributed by atoms with Gasteiger partial charge in [0.1, 0.15) is 17.2 Å². The fraction of sp³-hybridized carbons (Fsp3) is 0.500. The van der Waals surface area contributed by atoms with Crippen molar-refractivity contribution in [2.45, 2.75) is 142 Å². The number of hydrogen-bond acceptors (Lipinski definition) is 5. The normalized spacial score (nSPS) is 11.4. The molecule has 0 bridgehead atoms. The number of carbonyl (C=O) groups is 2. The Kier molecular flexibility index (Phi) is 23.2.